The number of rotatable bonds is 4. The summed E-state index contributed by atoms with van der Waals surface area (Å²) in [6.07, 6.45) is 0. The fourth-order valence-corrected chi connectivity index (χ4v) is 3.50. The Morgan fingerprint density at radius 3 is 2.24 bits per heavy atom. The highest BCUT2D eigenvalue weighted by Gasteiger charge is 2.14. The van der Waals surface area contributed by atoms with Crippen molar-refractivity contribution in [2.75, 3.05) is 0 Å². The van der Waals surface area contributed by atoms with Crippen molar-refractivity contribution < 1.29 is 12.8 Å². The van der Waals surface area contributed by atoms with E-state index in [-0.39, 0.29) is 17.1 Å². The Kier molecular flexibility index (Phi) is 4.61. The fourth-order valence-electron chi connectivity index (χ4n) is 1.89. The Morgan fingerprint density at radius 1 is 1.05 bits per heavy atom. The van der Waals surface area contributed by atoms with Crippen LogP contribution in [0.15, 0.2) is 42.5 Å². The minimum Gasteiger partial charge on any atom is -0.228 e. The molecule has 2 aromatic carbocycles. The molecule has 0 aliphatic rings. The molecule has 0 N–H and O–H groups in total. The molecule has 0 saturated heterocycles. The molecule has 0 unspecified atom stereocenters. The molecule has 0 aromatic heterocycles. The van der Waals surface area contributed by atoms with Gasteiger partial charge < -0.3 is 0 Å². The first-order valence-corrected chi connectivity index (χ1v) is 8.23. The van der Waals surface area contributed by atoms with Crippen LogP contribution in [0.4, 0.5) is 4.39 Å². The van der Waals surface area contributed by atoms with Crippen LogP contribution in [-0.2, 0) is 21.3 Å². The van der Waals surface area contributed by atoms with E-state index in [1.54, 1.807) is 30.3 Å². The molecule has 0 aliphatic heterocycles. The van der Waals surface area contributed by atoms with Gasteiger partial charge in [0.05, 0.1) is 17.1 Å². The summed E-state index contributed by atoms with van der Waals surface area (Å²) >= 11 is 5.75. The zero-order chi connectivity index (χ0) is 15.5. The molecule has 6 heteroatoms. The summed E-state index contributed by atoms with van der Waals surface area (Å²) in [6.45, 7) is 0. The Hall–Kier alpha value is -1.90. The van der Waals surface area contributed by atoms with Crippen LogP contribution in [0.2, 0.25) is 5.02 Å². The van der Waals surface area contributed by atoms with Crippen LogP contribution in [0.5, 0.6) is 0 Å². The van der Waals surface area contributed by atoms with E-state index in [1.807, 2.05) is 0 Å². The molecular formula is C15H11ClFNO2S. The quantitative estimate of drug-likeness (QED) is 0.865. The van der Waals surface area contributed by atoms with Crippen LogP contribution in [-0.4, -0.2) is 8.42 Å². The maximum absolute atomic E-state index is 13.2. The highest BCUT2D eigenvalue weighted by molar-refractivity contribution is 7.89. The molecular weight excluding hydrogens is 313 g/mol. The van der Waals surface area contributed by atoms with Gasteiger partial charge in [-0.05, 0) is 35.4 Å². The molecule has 0 radical (unpaired) electrons. The van der Waals surface area contributed by atoms with Crippen molar-refractivity contribution in [1.82, 2.24) is 0 Å². The van der Waals surface area contributed by atoms with E-state index in [2.05, 4.69) is 0 Å². The third-order valence-electron chi connectivity index (χ3n) is 2.84. The van der Waals surface area contributed by atoms with Gasteiger partial charge in [0, 0.05) is 5.02 Å². The van der Waals surface area contributed by atoms with Gasteiger partial charge in [0.1, 0.15) is 11.9 Å². The van der Waals surface area contributed by atoms with E-state index in [0.717, 1.165) is 6.07 Å². The highest BCUT2D eigenvalue weighted by Crippen LogP contribution is 2.17. The molecule has 0 saturated carbocycles. The highest BCUT2D eigenvalue weighted by atomic mass is 35.5. The summed E-state index contributed by atoms with van der Waals surface area (Å²) in [5, 5.41) is 9.29. The van der Waals surface area contributed by atoms with Crippen LogP contribution in [0, 0.1) is 17.1 Å². The molecule has 0 bridgehead atoms. The molecule has 0 atom stereocenters. The van der Waals surface area contributed by atoms with Crippen molar-refractivity contribution in [2.24, 2.45) is 0 Å². The van der Waals surface area contributed by atoms with Gasteiger partial charge in [0.25, 0.3) is 0 Å². The van der Waals surface area contributed by atoms with Crippen LogP contribution in [0.25, 0.3) is 0 Å². The third-order valence-corrected chi connectivity index (χ3v) is 4.64. The van der Waals surface area contributed by atoms with Gasteiger partial charge in [-0.15, -0.1) is 0 Å². The monoisotopic (exact) mass is 323 g/mol. The van der Waals surface area contributed by atoms with Gasteiger partial charge in [-0.1, -0.05) is 29.8 Å². The summed E-state index contributed by atoms with van der Waals surface area (Å²) in [7, 11) is -3.41. The third kappa shape index (κ3) is 4.28. The number of hydrogen-bond donors (Lipinski definition) is 0. The molecule has 2 aromatic rings. The van der Waals surface area contributed by atoms with Gasteiger partial charge in [0.15, 0.2) is 9.84 Å². The van der Waals surface area contributed by atoms with Gasteiger partial charge in [0.2, 0.25) is 0 Å². The molecule has 21 heavy (non-hydrogen) atoms. The van der Waals surface area contributed by atoms with Crippen LogP contribution >= 0.6 is 11.6 Å². The van der Waals surface area contributed by atoms with E-state index >= 15 is 0 Å². The van der Waals surface area contributed by atoms with Crippen LogP contribution in [0.1, 0.15) is 16.7 Å². The lowest BCUT2D eigenvalue weighted by Gasteiger charge is -2.06. The Balaban J connectivity index is 2.18. The molecule has 0 amide bonds. The number of nitriles is 1. The minimum absolute atomic E-state index is 0.135. The van der Waals surface area contributed by atoms with Crippen LogP contribution in [0.3, 0.4) is 0 Å². The van der Waals surface area contributed by atoms with Gasteiger partial charge in [-0.25, -0.2) is 12.8 Å². The lowest BCUT2D eigenvalue weighted by Crippen LogP contribution is -2.08. The standard InChI is InChI=1S/C15H11ClFNO2S/c16-14-4-1-11(2-5-14)9-21(19,20)10-12-3-6-15(17)13(7-12)8-18/h1-7H,9-10H2. The molecule has 0 spiro atoms. The first kappa shape index (κ1) is 15.5. The molecule has 0 heterocycles. The van der Waals surface area contributed by atoms with Crippen molar-refractivity contribution in [1.29, 1.82) is 5.26 Å². The minimum atomic E-state index is -3.41. The van der Waals surface area contributed by atoms with E-state index in [1.165, 1.54) is 12.1 Å². The molecule has 0 aliphatic carbocycles. The van der Waals surface area contributed by atoms with E-state index in [0.29, 0.717) is 16.1 Å². The average Bonchev–Trinajstić information content (AvgIpc) is 2.43. The fraction of sp³-hybridized carbons (Fsp3) is 0.133. The SMILES string of the molecule is N#Cc1cc(CS(=O)(=O)Cc2ccc(Cl)cc2)ccc1F. The smallest absolute Gasteiger partial charge is 0.158 e. The topological polar surface area (TPSA) is 57.9 Å². The zero-order valence-electron chi connectivity index (χ0n) is 10.9. The predicted octanol–water partition coefficient (Wildman–Crippen LogP) is 3.47. The van der Waals surface area contributed by atoms with E-state index in [4.69, 9.17) is 16.9 Å². The lowest BCUT2D eigenvalue weighted by atomic mass is 10.1. The summed E-state index contributed by atoms with van der Waals surface area (Å²) in [4.78, 5) is 0. The second-order valence-electron chi connectivity index (χ2n) is 4.58. The molecule has 2 rings (SSSR count). The van der Waals surface area contributed by atoms with Gasteiger partial charge >= 0.3 is 0 Å². The lowest BCUT2D eigenvalue weighted by molar-refractivity contribution is 0.594. The maximum atomic E-state index is 13.2. The van der Waals surface area contributed by atoms with Crippen molar-refractivity contribution in [2.45, 2.75) is 11.5 Å². The van der Waals surface area contributed by atoms with Crippen LogP contribution < -0.4 is 0 Å². The van der Waals surface area contributed by atoms with Crippen molar-refractivity contribution >= 4 is 21.4 Å². The van der Waals surface area contributed by atoms with Gasteiger partial charge in [-0.2, -0.15) is 5.26 Å². The molecule has 108 valence electrons. The van der Waals surface area contributed by atoms with Crippen molar-refractivity contribution in [3.63, 3.8) is 0 Å². The number of sulfone groups is 1. The largest absolute Gasteiger partial charge is 0.228 e. The van der Waals surface area contributed by atoms with Gasteiger partial charge in [-0.3, -0.25) is 0 Å². The average molecular weight is 324 g/mol. The van der Waals surface area contributed by atoms with E-state index in [9.17, 15) is 12.8 Å². The molecule has 3 nitrogen and oxygen atoms in total. The number of nitrogens with zero attached hydrogens (tertiary/aromatic N) is 1. The Morgan fingerprint density at radius 2 is 1.62 bits per heavy atom. The summed E-state index contributed by atoms with van der Waals surface area (Å²) in [5.74, 6) is -1.04. The number of halogens is 2. The Bertz CT molecular complexity index is 795. The summed E-state index contributed by atoms with van der Waals surface area (Å²) in [5.41, 5.74) is 0.859. The van der Waals surface area contributed by atoms with E-state index < -0.39 is 15.7 Å². The van der Waals surface area contributed by atoms with Crippen molar-refractivity contribution in [3.05, 3.63) is 70.0 Å². The summed E-state index contributed by atoms with van der Waals surface area (Å²) in [6, 6.07) is 12.0. The number of benzene rings is 2. The zero-order valence-corrected chi connectivity index (χ0v) is 12.5. The maximum Gasteiger partial charge on any atom is 0.158 e. The first-order chi connectivity index (χ1) is 9.89. The molecule has 0 fully saturated rings. The Labute approximate surface area is 127 Å². The second kappa shape index (κ2) is 6.25. The predicted molar refractivity (Wildman–Crippen MR) is 78.9 cm³/mol. The first-order valence-electron chi connectivity index (χ1n) is 6.03. The number of hydrogen-bond acceptors (Lipinski definition) is 3. The van der Waals surface area contributed by atoms with Crippen molar-refractivity contribution in [3.8, 4) is 6.07 Å². The normalized spacial score (nSPS) is 11.1. The summed E-state index contributed by atoms with van der Waals surface area (Å²) < 4.78 is 37.5. The second-order valence-corrected chi connectivity index (χ2v) is 7.09.